The highest BCUT2D eigenvalue weighted by atomic mass is 35.5. The maximum atomic E-state index is 13.3. The molecule has 144 valence electrons. The first-order chi connectivity index (χ1) is 13.4. The molecule has 28 heavy (non-hydrogen) atoms. The largest absolute Gasteiger partial charge is 0.506 e. The first-order valence-corrected chi connectivity index (χ1v) is 8.85. The third-order valence-corrected chi connectivity index (χ3v) is 4.74. The molecule has 0 atom stereocenters. The number of hydrogen-bond donors (Lipinski definition) is 1. The Balaban J connectivity index is 2.26. The molecule has 0 radical (unpaired) electrons. The molecule has 0 saturated heterocycles. The predicted octanol–water partition coefficient (Wildman–Crippen LogP) is 3.74. The van der Waals surface area contributed by atoms with E-state index in [-0.39, 0.29) is 12.1 Å². The molecule has 6 nitrogen and oxygen atoms in total. The van der Waals surface area contributed by atoms with Gasteiger partial charge >= 0.3 is 0 Å². The van der Waals surface area contributed by atoms with Crippen LogP contribution in [0.3, 0.4) is 0 Å². The van der Waals surface area contributed by atoms with Crippen molar-refractivity contribution in [3.05, 3.63) is 76.1 Å². The molecule has 0 fully saturated rings. The van der Waals surface area contributed by atoms with E-state index in [1.165, 1.54) is 22.7 Å². The summed E-state index contributed by atoms with van der Waals surface area (Å²) in [6.45, 7) is 3.82. The number of carbonyl (C=O) groups excluding carboxylic acids is 1. The Morgan fingerprint density at radius 3 is 2.57 bits per heavy atom. The van der Waals surface area contributed by atoms with Crippen LogP contribution in [0.25, 0.3) is 10.9 Å². The fourth-order valence-corrected chi connectivity index (χ4v) is 3.22. The maximum Gasteiger partial charge on any atom is 0.268 e. The van der Waals surface area contributed by atoms with Crippen LogP contribution in [0.4, 0.5) is 5.69 Å². The summed E-state index contributed by atoms with van der Waals surface area (Å²) < 4.78 is 6.63. The number of amides is 1. The minimum Gasteiger partial charge on any atom is -0.506 e. The van der Waals surface area contributed by atoms with Gasteiger partial charge in [-0.2, -0.15) is 0 Å². The number of fused-ring (bicyclic) bond motifs is 1. The van der Waals surface area contributed by atoms with E-state index in [1.807, 2.05) is 0 Å². The summed E-state index contributed by atoms with van der Waals surface area (Å²) in [4.78, 5) is 27.5. The molecule has 0 aliphatic rings. The van der Waals surface area contributed by atoms with Gasteiger partial charge in [0.25, 0.3) is 11.5 Å². The predicted molar refractivity (Wildman–Crippen MR) is 111 cm³/mol. The lowest BCUT2D eigenvalue weighted by Gasteiger charge is -2.22. The van der Waals surface area contributed by atoms with Crippen LogP contribution >= 0.6 is 11.6 Å². The van der Waals surface area contributed by atoms with Gasteiger partial charge in [0.1, 0.15) is 17.1 Å². The lowest BCUT2D eigenvalue weighted by molar-refractivity contribution is 0.0985. The average Bonchev–Trinajstić information content (AvgIpc) is 2.70. The molecule has 1 heterocycles. The van der Waals surface area contributed by atoms with Gasteiger partial charge in [0.05, 0.1) is 18.0 Å². The standard InChI is InChI=1S/C21H19ClN2O4/c1-4-12-24(14-10-8-13(22)9-11-14)21(27)18-19(25)17-15(23(2)20(18)26)6-5-7-16(17)28-3/h4-11,25H,1,12H2,2-3H3. The van der Waals surface area contributed by atoms with Gasteiger partial charge in [-0.15, -0.1) is 6.58 Å². The van der Waals surface area contributed by atoms with Crippen molar-refractivity contribution in [1.29, 1.82) is 0 Å². The van der Waals surface area contributed by atoms with Gasteiger partial charge in [-0.1, -0.05) is 23.7 Å². The molecule has 1 N–H and O–H groups in total. The number of methoxy groups -OCH3 is 1. The fraction of sp³-hybridized carbons (Fsp3) is 0.143. The normalized spacial score (nSPS) is 10.7. The quantitative estimate of drug-likeness (QED) is 0.664. The van der Waals surface area contributed by atoms with Gasteiger partial charge in [0.2, 0.25) is 0 Å². The van der Waals surface area contributed by atoms with E-state index < -0.39 is 17.2 Å². The number of aromatic hydroxyl groups is 1. The zero-order valence-corrected chi connectivity index (χ0v) is 16.2. The Labute approximate surface area is 166 Å². The number of anilines is 1. The Morgan fingerprint density at radius 2 is 1.96 bits per heavy atom. The van der Waals surface area contributed by atoms with Crippen LogP contribution in [0.15, 0.2) is 59.9 Å². The number of carbonyl (C=O) groups is 1. The Bertz CT molecular complexity index is 1120. The van der Waals surface area contributed by atoms with Gasteiger partial charge in [0, 0.05) is 24.3 Å². The van der Waals surface area contributed by atoms with E-state index in [1.54, 1.807) is 49.5 Å². The highest BCUT2D eigenvalue weighted by Gasteiger charge is 2.27. The van der Waals surface area contributed by atoms with Crippen LogP contribution in [0.1, 0.15) is 10.4 Å². The van der Waals surface area contributed by atoms with Crippen molar-refractivity contribution in [2.24, 2.45) is 7.05 Å². The van der Waals surface area contributed by atoms with Gasteiger partial charge in [0.15, 0.2) is 0 Å². The monoisotopic (exact) mass is 398 g/mol. The van der Waals surface area contributed by atoms with Crippen molar-refractivity contribution in [2.75, 3.05) is 18.6 Å². The van der Waals surface area contributed by atoms with E-state index in [2.05, 4.69) is 6.58 Å². The second kappa shape index (κ2) is 7.78. The van der Waals surface area contributed by atoms with Crippen LogP contribution < -0.4 is 15.2 Å². The zero-order chi connectivity index (χ0) is 20.4. The number of halogens is 1. The van der Waals surface area contributed by atoms with E-state index in [0.29, 0.717) is 27.4 Å². The first kappa shape index (κ1) is 19.5. The van der Waals surface area contributed by atoms with E-state index >= 15 is 0 Å². The second-order valence-corrected chi connectivity index (χ2v) is 6.56. The minimum absolute atomic E-state index is 0.146. The fourth-order valence-electron chi connectivity index (χ4n) is 3.09. The summed E-state index contributed by atoms with van der Waals surface area (Å²) in [6, 6.07) is 11.6. The lowest BCUT2D eigenvalue weighted by Crippen LogP contribution is -2.36. The SMILES string of the molecule is C=CCN(C(=O)c1c(O)c2c(OC)cccc2n(C)c1=O)c1ccc(Cl)cc1. The summed E-state index contributed by atoms with van der Waals surface area (Å²) in [7, 11) is 3.00. The molecule has 0 aliphatic carbocycles. The van der Waals surface area contributed by atoms with Gasteiger partial charge < -0.3 is 19.3 Å². The molecule has 1 amide bonds. The topological polar surface area (TPSA) is 71.8 Å². The number of hydrogen-bond acceptors (Lipinski definition) is 4. The Morgan fingerprint density at radius 1 is 1.29 bits per heavy atom. The minimum atomic E-state index is -0.645. The molecule has 2 aromatic carbocycles. The number of pyridine rings is 1. The number of rotatable bonds is 5. The molecule has 0 aliphatic heterocycles. The molecular weight excluding hydrogens is 380 g/mol. The van der Waals surface area contributed by atoms with Crippen molar-refractivity contribution in [3.63, 3.8) is 0 Å². The Hall–Kier alpha value is -3.25. The number of ether oxygens (including phenoxy) is 1. The molecule has 7 heteroatoms. The van der Waals surface area contributed by atoms with Crippen molar-refractivity contribution in [3.8, 4) is 11.5 Å². The number of nitrogens with zero attached hydrogens (tertiary/aromatic N) is 2. The average molecular weight is 399 g/mol. The molecule has 0 saturated carbocycles. The maximum absolute atomic E-state index is 13.3. The van der Waals surface area contributed by atoms with Crippen molar-refractivity contribution in [1.82, 2.24) is 4.57 Å². The van der Waals surface area contributed by atoms with Gasteiger partial charge in [-0.05, 0) is 36.4 Å². The lowest BCUT2D eigenvalue weighted by atomic mass is 10.1. The molecule has 3 aromatic rings. The van der Waals surface area contributed by atoms with E-state index in [9.17, 15) is 14.7 Å². The van der Waals surface area contributed by atoms with Crippen LogP contribution in [0.5, 0.6) is 11.5 Å². The summed E-state index contributed by atoms with van der Waals surface area (Å²) in [5, 5.41) is 11.7. The van der Waals surface area contributed by atoms with Crippen molar-refractivity contribution < 1.29 is 14.6 Å². The van der Waals surface area contributed by atoms with Crippen molar-refractivity contribution in [2.45, 2.75) is 0 Å². The molecule has 1 aromatic heterocycles. The third-order valence-electron chi connectivity index (χ3n) is 4.49. The smallest absolute Gasteiger partial charge is 0.268 e. The number of aromatic nitrogens is 1. The molecule has 0 unspecified atom stereocenters. The highest BCUT2D eigenvalue weighted by Crippen LogP contribution is 2.35. The van der Waals surface area contributed by atoms with Gasteiger partial charge in [-0.3, -0.25) is 9.59 Å². The third kappa shape index (κ3) is 3.23. The van der Waals surface area contributed by atoms with E-state index in [0.717, 1.165) is 0 Å². The highest BCUT2D eigenvalue weighted by molar-refractivity contribution is 6.30. The van der Waals surface area contributed by atoms with Crippen LogP contribution in [0, 0.1) is 0 Å². The zero-order valence-electron chi connectivity index (χ0n) is 15.5. The number of benzene rings is 2. The molecular formula is C21H19ClN2O4. The van der Waals surface area contributed by atoms with E-state index in [4.69, 9.17) is 16.3 Å². The Kier molecular flexibility index (Phi) is 5.42. The summed E-state index contributed by atoms with van der Waals surface area (Å²) in [5.41, 5.74) is 0.0404. The van der Waals surface area contributed by atoms with Gasteiger partial charge in [-0.25, -0.2) is 0 Å². The molecule has 3 rings (SSSR count). The first-order valence-electron chi connectivity index (χ1n) is 8.47. The molecule has 0 spiro atoms. The van der Waals surface area contributed by atoms with Crippen LogP contribution in [-0.2, 0) is 7.05 Å². The van der Waals surface area contributed by atoms with Crippen LogP contribution in [0.2, 0.25) is 5.02 Å². The van der Waals surface area contributed by atoms with Crippen molar-refractivity contribution >= 4 is 34.1 Å². The molecule has 0 bridgehead atoms. The number of aryl methyl sites for hydroxylation is 1. The summed E-state index contributed by atoms with van der Waals surface area (Å²) in [6.07, 6.45) is 1.54. The summed E-state index contributed by atoms with van der Waals surface area (Å²) >= 11 is 5.93. The van der Waals surface area contributed by atoms with Crippen LogP contribution in [-0.4, -0.2) is 29.2 Å². The second-order valence-electron chi connectivity index (χ2n) is 6.12. The summed E-state index contributed by atoms with van der Waals surface area (Å²) in [5.74, 6) is -0.696.